The largest absolute Gasteiger partial charge is 0.0651 e. The summed E-state index contributed by atoms with van der Waals surface area (Å²) in [6.45, 7) is 2.35. The van der Waals surface area contributed by atoms with Crippen LogP contribution >= 0.6 is 31.9 Å². The Morgan fingerprint density at radius 3 is 2.65 bits per heavy atom. The van der Waals surface area contributed by atoms with Crippen LogP contribution in [0, 0.1) is 11.8 Å². The third kappa shape index (κ3) is 2.23. The van der Waals surface area contributed by atoms with Crippen molar-refractivity contribution in [2.24, 2.45) is 11.8 Å². The zero-order valence-corrected chi connectivity index (χ0v) is 13.4. The average molecular weight is 358 g/mol. The van der Waals surface area contributed by atoms with Crippen molar-refractivity contribution in [3.05, 3.63) is 32.2 Å². The Morgan fingerprint density at radius 2 is 1.88 bits per heavy atom. The molecule has 1 aromatic carbocycles. The van der Waals surface area contributed by atoms with Gasteiger partial charge in [-0.2, -0.15) is 0 Å². The molecule has 0 N–H and O–H groups in total. The predicted molar refractivity (Wildman–Crippen MR) is 79.4 cm³/mol. The molecule has 2 bridgehead atoms. The molecule has 0 aromatic heterocycles. The molecule has 17 heavy (non-hydrogen) atoms. The van der Waals surface area contributed by atoms with Crippen LogP contribution in [0.5, 0.6) is 0 Å². The van der Waals surface area contributed by atoms with Gasteiger partial charge in [-0.1, -0.05) is 13.3 Å². The molecular weight excluding hydrogens is 340 g/mol. The second-order valence-corrected chi connectivity index (χ2v) is 7.42. The number of fused-ring (bicyclic) bond motifs is 4. The topological polar surface area (TPSA) is 0 Å². The number of hydrogen-bond donors (Lipinski definition) is 0. The van der Waals surface area contributed by atoms with Gasteiger partial charge in [0.25, 0.3) is 0 Å². The van der Waals surface area contributed by atoms with Crippen molar-refractivity contribution in [1.82, 2.24) is 0 Å². The van der Waals surface area contributed by atoms with Crippen molar-refractivity contribution in [1.29, 1.82) is 0 Å². The fourth-order valence-corrected chi connectivity index (χ4v) is 4.54. The molecule has 0 nitrogen and oxygen atoms in total. The summed E-state index contributed by atoms with van der Waals surface area (Å²) in [5, 5.41) is 0. The third-order valence-electron chi connectivity index (χ3n) is 4.61. The third-order valence-corrected chi connectivity index (χ3v) is 6.45. The summed E-state index contributed by atoms with van der Waals surface area (Å²) in [7, 11) is 0. The SMILES string of the molecule is CCC1CC2Cc3cc(Br)c(Br)cc3C(C1)C2. The second-order valence-electron chi connectivity index (χ2n) is 5.71. The van der Waals surface area contributed by atoms with Gasteiger partial charge >= 0.3 is 0 Å². The molecule has 0 saturated heterocycles. The van der Waals surface area contributed by atoms with Crippen LogP contribution in [0.25, 0.3) is 0 Å². The molecule has 0 heterocycles. The predicted octanol–water partition coefficient (Wildman–Crippen LogP) is 5.68. The van der Waals surface area contributed by atoms with Crippen LogP contribution in [-0.4, -0.2) is 0 Å². The minimum absolute atomic E-state index is 0.826. The zero-order chi connectivity index (χ0) is 12.0. The highest BCUT2D eigenvalue weighted by Gasteiger charge is 2.34. The first-order chi connectivity index (χ1) is 8.17. The van der Waals surface area contributed by atoms with Crippen molar-refractivity contribution in [3.8, 4) is 0 Å². The van der Waals surface area contributed by atoms with E-state index in [-0.39, 0.29) is 0 Å². The van der Waals surface area contributed by atoms with E-state index in [9.17, 15) is 0 Å². The van der Waals surface area contributed by atoms with Crippen LogP contribution in [-0.2, 0) is 6.42 Å². The fourth-order valence-electron chi connectivity index (χ4n) is 3.79. The summed E-state index contributed by atoms with van der Waals surface area (Å²) in [6.07, 6.45) is 6.96. The second kappa shape index (κ2) is 4.70. The standard InChI is InChI=1S/C15H18Br2/c1-2-9-3-10-5-11(4-9)13-8-15(17)14(16)7-12(13)6-10/h7-11H,2-6H2,1H3. The molecule has 2 aliphatic carbocycles. The van der Waals surface area contributed by atoms with Crippen LogP contribution < -0.4 is 0 Å². The van der Waals surface area contributed by atoms with Gasteiger partial charge in [-0.25, -0.2) is 0 Å². The monoisotopic (exact) mass is 356 g/mol. The Bertz CT molecular complexity index is 439. The van der Waals surface area contributed by atoms with E-state index in [1.54, 1.807) is 11.1 Å². The lowest BCUT2D eigenvalue weighted by molar-refractivity contribution is 0.217. The average Bonchev–Trinajstić information content (AvgIpc) is 2.32. The highest BCUT2D eigenvalue weighted by Crippen LogP contribution is 2.48. The van der Waals surface area contributed by atoms with E-state index in [0.717, 1.165) is 17.8 Å². The van der Waals surface area contributed by atoms with E-state index < -0.39 is 0 Å². The van der Waals surface area contributed by atoms with Crippen molar-refractivity contribution in [2.75, 3.05) is 0 Å². The molecule has 1 saturated carbocycles. The lowest BCUT2D eigenvalue weighted by Crippen LogP contribution is -2.28. The van der Waals surface area contributed by atoms with Crippen LogP contribution in [0.15, 0.2) is 21.1 Å². The van der Waals surface area contributed by atoms with Crippen molar-refractivity contribution < 1.29 is 0 Å². The highest BCUT2D eigenvalue weighted by atomic mass is 79.9. The quantitative estimate of drug-likeness (QED) is 0.606. The van der Waals surface area contributed by atoms with Gasteiger partial charge in [-0.15, -0.1) is 0 Å². The molecule has 0 spiro atoms. The number of hydrogen-bond acceptors (Lipinski definition) is 0. The maximum absolute atomic E-state index is 3.65. The van der Waals surface area contributed by atoms with Crippen molar-refractivity contribution >= 4 is 31.9 Å². The first-order valence-electron chi connectivity index (χ1n) is 6.65. The van der Waals surface area contributed by atoms with E-state index in [0.29, 0.717) is 0 Å². The molecule has 1 fully saturated rings. The number of halogens is 2. The first-order valence-corrected chi connectivity index (χ1v) is 8.23. The maximum Gasteiger partial charge on any atom is 0.0320 e. The normalized spacial score (nSPS) is 31.1. The zero-order valence-electron chi connectivity index (χ0n) is 10.2. The Morgan fingerprint density at radius 1 is 1.12 bits per heavy atom. The molecule has 0 amide bonds. The number of rotatable bonds is 1. The van der Waals surface area contributed by atoms with Gasteiger partial charge < -0.3 is 0 Å². The van der Waals surface area contributed by atoms with Gasteiger partial charge in [0.1, 0.15) is 0 Å². The van der Waals surface area contributed by atoms with Gasteiger partial charge in [0.2, 0.25) is 0 Å². The summed E-state index contributed by atoms with van der Waals surface area (Å²) >= 11 is 7.28. The van der Waals surface area contributed by atoms with E-state index in [1.807, 2.05) is 0 Å². The Balaban J connectivity index is 1.99. The molecule has 2 heteroatoms. The summed E-state index contributed by atoms with van der Waals surface area (Å²) in [6, 6.07) is 4.70. The molecule has 3 rings (SSSR count). The maximum atomic E-state index is 3.65. The van der Waals surface area contributed by atoms with Crippen LogP contribution in [0.3, 0.4) is 0 Å². The van der Waals surface area contributed by atoms with Gasteiger partial charge in [0.05, 0.1) is 0 Å². The molecule has 3 unspecified atom stereocenters. The molecule has 0 aliphatic heterocycles. The lowest BCUT2D eigenvalue weighted by atomic mass is 9.65. The molecule has 1 aromatic rings. The van der Waals surface area contributed by atoms with Gasteiger partial charge in [0.15, 0.2) is 0 Å². The van der Waals surface area contributed by atoms with E-state index >= 15 is 0 Å². The summed E-state index contributed by atoms with van der Waals surface area (Å²) < 4.78 is 2.43. The fraction of sp³-hybridized carbons (Fsp3) is 0.600. The Kier molecular flexibility index (Phi) is 3.38. The summed E-state index contributed by atoms with van der Waals surface area (Å²) in [5.74, 6) is 2.74. The van der Waals surface area contributed by atoms with Crippen LogP contribution in [0.1, 0.15) is 49.7 Å². The molecular formula is C15H18Br2. The van der Waals surface area contributed by atoms with Gasteiger partial charge in [-0.05, 0) is 98.6 Å². The molecule has 3 atom stereocenters. The Labute approximate surface area is 120 Å². The van der Waals surface area contributed by atoms with Gasteiger partial charge in [0, 0.05) is 8.95 Å². The highest BCUT2D eigenvalue weighted by molar-refractivity contribution is 9.13. The number of benzene rings is 1. The van der Waals surface area contributed by atoms with Gasteiger partial charge in [-0.3, -0.25) is 0 Å². The summed E-state index contributed by atoms with van der Waals surface area (Å²) in [4.78, 5) is 0. The van der Waals surface area contributed by atoms with E-state index in [2.05, 4.69) is 50.9 Å². The minimum Gasteiger partial charge on any atom is -0.0651 e. The first kappa shape index (κ1) is 12.2. The minimum atomic E-state index is 0.826. The van der Waals surface area contributed by atoms with Crippen LogP contribution in [0.2, 0.25) is 0 Å². The van der Waals surface area contributed by atoms with Crippen molar-refractivity contribution in [3.63, 3.8) is 0 Å². The lowest BCUT2D eigenvalue weighted by Gasteiger charge is -2.40. The molecule has 0 radical (unpaired) electrons. The smallest absolute Gasteiger partial charge is 0.0320 e. The molecule has 2 aliphatic rings. The van der Waals surface area contributed by atoms with Crippen LogP contribution in [0.4, 0.5) is 0 Å². The Hall–Kier alpha value is 0.180. The van der Waals surface area contributed by atoms with E-state index in [1.165, 1.54) is 41.0 Å². The summed E-state index contributed by atoms with van der Waals surface area (Å²) in [5.41, 5.74) is 3.21. The molecule has 92 valence electrons. The van der Waals surface area contributed by atoms with E-state index in [4.69, 9.17) is 0 Å². The van der Waals surface area contributed by atoms with Crippen molar-refractivity contribution in [2.45, 2.75) is 44.9 Å².